The molecule has 8 atom stereocenters. The molecule has 4 aliphatic rings. The molecule has 5 rings (SSSR count). The van der Waals surface area contributed by atoms with E-state index in [1.807, 2.05) is 20.2 Å². The summed E-state index contributed by atoms with van der Waals surface area (Å²) in [5.74, 6) is 3.40. The van der Waals surface area contributed by atoms with Gasteiger partial charge in [0.1, 0.15) is 0 Å². The van der Waals surface area contributed by atoms with Crippen LogP contribution >= 0.6 is 0 Å². The molecule has 0 unspecified atom stereocenters. The molecule has 0 aromatic carbocycles. The summed E-state index contributed by atoms with van der Waals surface area (Å²) in [6.07, 6.45) is 14.0. The summed E-state index contributed by atoms with van der Waals surface area (Å²) in [7, 11) is 1.89. The van der Waals surface area contributed by atoms with Gasteiger partial charge in [-0.15, -0.1) is 0 Å². The third kappa shape index (κ3) is 2.88. The zero-order chi connectivity index (χ0) is 20.6. The molecule has 0 aliphatic heterocycles. The first kappa shape index (κ1) is 19.8. The second-order valence-electron chi connectivity index (χ2n) is 11.8. The number of ketones is 1. The number of rotatable bonds is 2. The van der Waals surface area contributed by atoms with E-state index in [0.29, 0.717) is 23.0 Å². The number of aliphatic hydroxyl groups is 1. The lowest BCUT2D eigenvalue weighted by Crippen LogP contribution is -2.55. The number of carbonyl (C=O) groups is 1. The smallest absolute Gasteiger partial charge is 0.169 e. The molecule has 0 spiro atoms. The molecule has 4 saturated carbocycles. The van der Waals surface area contributed by atoms with Crippen LogP contribution in [0.5, 0.6) is 0 Å². The molecule has 0 bridgehead atoms. The number of aromatic nitrogens is 2. The van der Waals surface area contributed by atoms with E-state index in [1.54, 1.807) is 10.9 Å². The Morgan fingerprint density at radius 3 is 2.52 bits per heavy atom. The highest BCUT2D eigenvalue weighted by Crippen LogP contribution is 2.68. The highest BCUT2D eigenvalue weighted by atomic mass is 16.3. The van der Waals surface area contributed by atoms with Crippen LogP contribution < -0.4 is 0 Å². The van der Waals surface area contributed by atoms with E-state index in [0.717, 1.165) is 36.7 Å². The average molecular weight is 399 g/mol. The molecule has 4 nitrogen and oxygen atoms in total. The molecule has 0 saturated heterocycles. The molecular weight excluding hydrogens is 360 g/mol. The van der Waals surface area contributed by atoms with E-state index in [-0.39, 0.29) is 11.3 Å². The molecular formula is C25H38N2O2. The number of nitrogens with zero attached hydrogens (tertiary/aromatic N) is 2. The number of carbonyl (C=O) groups excluding carboxylic acids is 1. The maximum Gasteiger partial charge on any atom is 0.169 e. The summed E-state index contributed by atoms with van der Waals surface area (Å²) in [5, 5.41) is 14.9. The van der Waals surface area contributed by atoms with Crippen LogP contribution in [0.15, 0.2) is 12.4 Å². The van der Waals surface area contributed by atoms with Crippen molar-refractivity contribution in [3.8, 4) is 0 Å². The van der Waals surface area contributed by atoms with Crippen LogP contribution in [0.1, 0.15) is 88.9 Å². The van der Waals surface area contributed by atoms with Crippen LogP contribution in [0, 0.1) is 40.4 Å². The fraction of sp³-hybridized carbons (Fsp3) is 0.840. The first-order valence-electron chi connectivity index (χ1n) is 11.9. The SMILES string of the molecule is Cn1cc(C(=O)[C@H]2CC[C@H]3[C@@H]4CC[C@H]5C[C@](C)(O)CC[C@]5(C)[C@H]4CC[C@]23C)cn1. The van der Waals surface area contributed by atoms with Crippen molar-refractivity contribution in [1.82, 2.24) is 9.78 Å². The lowest BCUT2D eigenvalue weighted by Gasteiger charge is -2.61. The normalized spacial score (nSPS) is 49.2. The number of Topliss-reactive ketones (excluding diaryl/α,β-unsaturated/α-hetero) is 1. The van der Waals surface area contributed by atoms with Crippen molar-refractivity contribution in [2.24, 2.45) is 47.5 Å². The number of fused-ring (bicyclic) bond motifs is 5. The Hall–Kier alpha value is -1.16. The summed E-state index contributed by atoms with van der Waals surface area (Å²) in [4.78, 5) is 13.4. The molecule has 1 aromatic rings. The molecule has 0 amide bonds. The summed E-state index contributed by atoms with van der Waals surface area (Å²) in [6, 6.07) is 0. The largest absolute Gasteiger partial charge is 0.390 e. The molecule has 1 N–H and O–H groups in total. The van der Waals surface area contributed by atoms with Gasteiger partial charge in [-0.2, -0.15) is 5.10 Å². The lowest BCUT2D eigenvalue weighted by molar-refractivity contribution is -0.144. The molecule has 4 aliphatic carbocycles. The van der Waals surface area contributed by atoms with Gasteiger partial charge >= 0.3 is 0 Å². The molecule has 1 aromatic heterocycles. The standard InChI is InChI=1S/C25H38N2O2/c1-23(29)11-12-24(2)17(13-23)5-6-18-19-7-8-21(25(19,3)10-9-20(18)24)22(28)16-14-26-27(4)15-16/h14-15,17-21,29H,5-13H2,1-4H3/t17-,18-,19-,20-,21+,23+,24-,25-/m0/s1. The van der Waals surface area contributed by atoms with Gasteiger partial charge in [0.25, 0.3) is 0 Å². The Kier molecular flexibility index (Phi) is 4.38. The van der Waals surface area contributed by atoms with Crippen LogP contribution in [0.2, 0.25) is 0 Å². The maximum absolute atomic E-state index is 13.4. The maximum atomic E-state index is 13.4. The van der Waals surface area contributed by atoms with Crippen molar-refractivity contribution in [2.45, 2.75) is 84.2 Å². The Bertz CT molecular complexity index is 814. The first-order valence-corrected chi connectivity index (χ1v) is 11.9. The third-order valence-corrected chi connectivity index (χ3v) is 10.3. The van der Waals surface area contributed by atoms with Gasteiger partial charge in [-0.3, -0.25) is 9.48 Å². The van der Waals surface area contributed by atoms with Crippen molar-refractivity contribution < 1.29 is 9.90 Å². The van der Waals surface area contributed by atoms with Crippen molar-refractivity contribution >= 4 is 5.78 Å². The summed E-state index contributed by atoms with van der Waals surface area (Å²) >= 11 is 0. The van der Waals surface area contributed by atoms with E-state index >= 15 is 0 Å². The predicted molar refractivity (Wildman–Crippen MR) is 113 cm³/mol. The minimum Gasteiger partial charge on any atom is -0.390 e. The van der Waals surface area contributed by atoms with Crippen LogP contribution in [-0.4, -0.2) is 26.3 Å². The lowest BCUT2D eigenvalue weighted by atomic mass is 9.44. The Morgan fingerprint density at radius 2 is 1.79 bits per heavy atom. The molecule has 4 fully saturated rings. The number of hydrogen-bond acceptors (Lipinski definition) is 3. The van der Waals surface area contributed by atoms with Gasteiger partial charge in [0, 0.05) is 19.2 Å². The van der Waals surface area contributed by atoms with E-state index in [1.165, 1.54) is 38.5 Å². The van der Waals surface area contributed by atoms with Gasteiger partial charge in [-0.05, 0) is 99.2 Å². The van der Waals surface area contributed by atoms with Gasteiger partial charge < -0.3 is 5.11 Å². The zero-order valence-corrected chi connectivity index (χ0v) is 18.7. The number of hydrogen-bond donors (Lipinski definition) is 1. The van der Waals surface area contributed by atoms with E-state index < -0.39 is 5.60 Å². The topological polar surface area (TPSA) is 55.1 Å². The summed E-state index contributed by atoms with van der Waals surface area (Å²) in [6.45, 7) is 7.02. The van der Waals surface area contributed by atoms with Crippen molar-refractivity contribution in [3.63, 3.8) is 0 Å². The predicted octanol–water partition coefficient (Wildman–Crippen LogP) is 5.01. The van der Waals surface area contributed by atoms with Crippen LogP contribution in [-0.2, 0) is 7.05 Å². The average Bonchev–Trinajstić information content (AvgIpc) is 3.24. The first-order chi connectivity index (χ1) is 13.6. The summed E-state index contributed by atoms with van der Waals surface area (Å²) in [5.41, 5.74) is 0.871. The van der Waals surface area contributed by atoms with E-state index in [9.17, 15) is 9.90 Å². The molecule has 160 valence electrons. The monoisotopic (exact) mass is 398 g/mol. The van der Waals surface area contributed by atoms with Gasteiger partial charge in [-0.25, -0.2) is 0 Å². The fourth-order valence-corrected chi connectivity index (χ4v) is 8.61. The van der Waals surface area contributed by atoms with Crippen molar-refractivity contribution in [2.75, 3.05) is 0 Å². The molecule has 29 heavy (non-hydrogen) atoms. The van der Waals surface area contributed by atoms with Gasteiger partial charge in [0.05, 0.1) is 17.4 Å². The van der Waals surface area contributed by atoms with Crippen LogP contribution in [0.4, 0.5) is 0 Å². The second-order valence-corrected chi connectivity index (χ2v) is 11.8. The molecule has 4 heteroatoms. The summed E-state index contributed by atoms with van der Waals surface area (Å²) < 4.78 is 1.75. The van der Waals surface area contributed by atoms with Crippen LogP contribution in [0.3, 0.4) is 0 Å². The fourth-order valence-electron chi connectivity index (χ4n) is 8.61. The highest BCUT2D eigenvalue weighted by Gasteiger charge is 2.61. The molecule has 1 heterocycles. The minimum atomic E-state index is -0.464. The minimum absolute atomic E-state index is 0.150. The van der Waals surface area contributed by atoms with E-state index in [4.69, 9.17) is 0 Å². The van der Waals surface area contributed by atoms with Crippen LogP contribution in [0.25, 0.3) is 0 Å². The Labute approximate surface area is 175 Å². The highest BCUT2D eigenvalue weighted by molar-refractivity contribution is 5.98. The zero-order valence-electron chi connectivity index (χ0n) is 18.7. The second kappa shape index (κ2) is 6.42. The van der Waals surface area contributed by atoms with Crippen molar-refractivity contribution in [3.05, 3.63) is 18.0 Å². The third-order valence-electron chi connectivity index (χ3n) is 10.3. The van der Waals surface area contributed by atoms with E-state index in [2.05, 4.69) is 18.9 Å². The quantitative estimate of drug-likeness (QED) is 0.712. The Balaban J connectivity index is 1.40. The van der Waals surface area contributed by atoms with Crippen molar-refractivity contribution in [1.29, 1.82) is 0 Å². The van der Waals surface area contributed by atoms with Gasteiger partial charge in [0.15, 0.2) is 5.78 Å². The van der Waals surface area contributed by atoms with Gasteiger partial charge in [0.2, 0.25) is 0 Å². The number of aryl methyl sites for hydroxylation is 1. The Morgan fingerprint density at radius 1 is 1.03 bits per heavy atom. The molecule has 0 radical (unpaired) electrons. The van der Waals surface area contributed by atoms with Gasteiger partial charge in [-0.1, -0.05) is 13.8 Å².